The quantitative estimate of drug-likeness (QED) is 0.299. The standard InChI is InChI=1S/C29H30ClN5S/c1-18-19(2)34(24-10-8-9-21(30)17-24)20(3)26(18)28-27(25-11-6-7-16-31-25)32-29(36)35(28)23-14-12-22(13-15-23)33(4)5/h6-17,27-28H,1-5H3,(H,32,36)/t27-,28+/m0/s1. The van der Waals surface area contributed by atoms with Crippen LogP contribution >= 0.6 is 23.8 Å². The van der Waals surface area contributed by atoms with E-state index < -0.39 is 0 Å². The van der Waals surface area contributed by atoms with Crippen molar-refractivity contribution < 1.29 is 0 Å². The summed E-state index contributed by atoms with van der Waals surface area (Å²) < 4.78 is 2.29. The zero-order chi connectivity index (χ0) is 25.6. The summed E-state index contributed by atoms with van der Waals surface area (Å²) in [5.74, 6) is 0. The molecular weight excluding hydrogens is 486 g/mol. The molecule has 0 saturated carbocycles. The fourth-order valence-corrected chi connectivity index (χ4v) is 5.81. The van der Waals surface area contributed by atoms with Gasteiger partial charge in [-0.05, 0) is 93.1 Å². The molecule has 1 saturated heterocycles. The maximum Gasteiger partial charge on any atom is 0.174 e. The predicted octanol–water partition coefficient (Wildman–Crippen LogP) is 6.69. The fraction of sp³-hybridized carbons (Fsp3) is 0.241. The molecule has 0 radical (unpaired) electrons. The summed E-state index contributed by atoms with van der Waals surface area (Å²) in [5.41, 5.74) is 9.04. The Balaban J connectivity index is 1.70. The van der Waals surface area contributed by atoms with Crippen LogP contribution in [0.1, 0.15) is 40.3 Å². The zero-order valence-electron chi connectivity index (χ0n) is 21.2. The van der Waals surface area contributed by atoms with E-state index >= 15 is 0 Å². The largest absolute Gasteiger partial charge is 0.378 e. The van der Waals surface area contributed by atoms with E-state index in [0.29, 0.717) is 5.11 Å². The van der Waals surface area contributed by atoms with Gasteiger partial charge in [-0.2, -0.15) is 0 Å². The highest BCUT2D eigenvalue weighted by Crippen LogP contribution is 2.45. The van der Waals surface area contributed by atoms with Crippen molar-refractivity contribution >= 4 is 40.3 Å². The molecule has 0 bridgehead atoms. The van der Waals surface area contributed by atoms with Gasteiger partial charge in [-0.3, -0.25) is 4.98 Å². The van der Waals surface area contributed by atoms with Crippen molar-refractivity contribution in [2.45, 2.75) is 32.9 Å². The topological polar surface area (TPSA) is 36.3 Å². The number of hydrogen-bond donors (Lipinski definition) is 1. The molecule has 5 nitrogen and oxygen atoms in total. The van der Waals surface area contributed by atoms with Crippen LogP contribution in [0.4, 0.5) is 11.4 Å². The first-order valence-electron chi connectivity index (χ1n) is 12.0. The lowest BCUT2D eigenvalue weighted by atomic mass is 9.93. The third-order valence-corrected chi connectivity index (χ3v) is 7.66. The lowest BCUT2D eigenvalue weighted by Crippen LogP contribution is -2.29. The van der Waals surface area contributed by atoms with Gasteiger partial charge in [0.1, 0.15) is 0 Å². The van der Waals surface area contributed by atoms with Crippen LogP contribution in [0, 0.1) is 20.8 Å². The van der Waals surface area contributed by atoms with Crippen molar-refractivity contribution in [3.63, 3.8) is 0 Å². The van der Waals surface area contributed by atoms with E-state index in [4.69, 9.17) is 28.8 Å². The highest BCUT2D eigenvalue weighted by atomic mass is 35.5. The second-order valence-corrected chi connectivity index (χ2v) is 10.3. The van der Waals surface area contributed by atoms with Crippen LogP contribution in [-0.4, -0.2) is 28.8 Å². The van der Waals surface area contributed by atoms with E-state index in [-0.39, 0.29) is 12.1 Å². The highest BCUT2D eigenvalue weighted by Gasteiger charge is 2.43. The number of benzene rings is 2. The van der Waals surface area contributed by atoms with Crippen LogP contribution in [0.2, 0.25) is 5.02 Å². The molecule has 0 unspecified atom stereocenters. The number of pyridine rings is 1. The first-order valence-corrected chi connectivity index (χ1v) is 12.8. The molecule has 0 aliphatic carbocycles. The summed E-state index contributed by atoms with van der Waals surface area (Å²) in [6.07, 6.45) is 1.84. The van der Waals surface area contributed by atoms with Gasteiger partial charge in [-0.15, -0.1) is 0 Å². The minimum absolute atomic E-state index is 0.0725. The zero-order valence-corrected chi connectivity index (χ0v) is 22.7. The van der Waals surface area contributed by atoms with Crippen molar-refractivity contribution in [2.75, 3.05) is 23.9 Å². The van der Waals surface area contributed by atoms with E-state index in [1.807, 2.05) is 50.6 Å². The van der Waals surface area contributed by atoms with Gasteiger partial charge < -0.3 is 19.7 Å². The maximum atomic E-state index is 6.37. The van der Waals surface area contributed by atoms with Crippen LogP contribution < -0.4 is 15.1 Å². The van der Waals surface area contributed by atoms with Gasteiger partial charge in [-0.25, -0.2) is 0 Å². The minimum atomic E-state index is -0.0979. The van der Waals surface area contributed by atoms with Crippen molar-refractivity contribution in [3.8, 4) is 5.69 Å². The summed E-state index contributed by atoms with van der Waals surface area (Å²) >= 11 is 12.3. The average molecular weight is 516 g/mol. The SMILES string of the molecule is Cc1c([C@@H]2[C@H](c3ccccn3)NC(=S)N2c2ccc(N(C)C)cc2)c(C)n(-c2cccc(Cl)c2)c1C. The number of aromatic nitrogens is 2. The van der Waals surface area contributed by atoms with E-state index in [1.54, 1.807) is 0 Å². The summed E-state index contributed by atoms with van der Waals surface area (Å²) in [6, 6.07) is 22.4. The number of rotatable bonds is 5. The number of thiocarbonyl (C=S) groups is 1. The molecule has 4 aromatic rings. The van der Waals surface area contributed by atoms with Gasteiger partial charge in [0.05, 0.1) is 17.8 Å². The van der Waals surface area contributed by atoms with Gasteiger partial charge in [-0.1, -0.05) is 23.7 Å². The Labute approximate surface area is 223 Å². The summed E-state index contributed by atoms with van der Waals surface area (Å²) in [6.45, 7) is 6.54. The molecule has 1 fully saturated rings. The summed E-state index contributed by atoms with van der Waals surface area (Å²) in [5, 5.41) is 5.00. The minimum Gasteiger partial charge on any atom is -0.378 e. The second-order valence-electron chi connectivity index (χ2n) is 9.43. The molecule has 0 spiro atoms. The second kappa shape index (κ2) is 9.60. The molecule has 1 aliphatic rings. The molecule has 3 heterocycles. The molecule has 7 heteroatoms. The first-order chi connectivity index (χ1) is 17.3. The van der Waals surface area contributed by atoms with E-state index in [1.165, 1.54) is 22.5 Å². The smallest absolute Gasteiger partial charge is 0.174 e. The van der Waals surface area contributed by atoms with Crippen molar-refractivity contribution in [1.82, 2.24) is 14.9 Å². The van der Waals surface area contributed by atoms with Gasteiger partial charge in [0.25, 0.3) is 0 Å². The molecular formula is C29H30ClN5S. The number of nitrogens with one attached hydrogen (secondary N) is 1. The van der Waals surface area contributed by atoms with Gasteiger partial charge in [0.15, 0.2) is 5.11 Å². The fourth-order valence-electron chi connectivity index (χ4n) is 5.28. The Morgan fingerprint density at radius 3 is 2.31 bits per heavy atom. The number of anilines is 2. The monoisotopic (exact) mass is 515 g/mol. The molecule has 36 heavy (non-hydrogen) atoms. The van der Waals surface area contributed by atoms with Crippen molar-refractivity contribution in [1.29, 1.82) is 0 Å². The molecule has 1 N–H and O–H groups in total. The molecule has 2 atom stereocenters. The summed E-state index contributed by atoms with van der Waals surface area (Å²) in [4.78, 5) is 9.05. The molecule has 1 aliphatic heterocycles. The Hall–Kier alpha value is -3.35. The highest BCUT2D eigenvalue weighted by molar-refractivity contribution is 7.80. The third-order valence-electron chi connectivity index (χ3n) is 7.11. The van der Waals surface area contributed by atoms with Crippen LogP contribution in [-0.2, 0) is 0 Å². The summed E-state index contributed by atoms with van der Waals surface area (Å²) in [7, 11) is 4.09. The number of halogens is 1. The predicted molar refractivity (Wildman–Crippen MR) is 154 cm³/mol. The normalized spacial score (nSPS) is 17.4. The maximum absolute atomic E-state index is 6.37. The Bertz CT molecular complexity index is 1410. The van der Waals surface area contributed by atoms with Crippen LogP contribution in [0.15, 0.2) is 72.9 Å². The van der Waals surface area contributed by atoms with E-state index in [2.05, 4.69) is 76.9 Å². The molecule has 0 amide bonds. The Kier molecular flexibility index (Phi) is 6.49. The lowest BCUT2D eigenvalue weighted by Gasteiger charge is -2.29. The lowest BCUT2D eigenvalue weighted by molar-refractivity contribution is 0.563. The third kappa shape index (κ3) is 4.14. The average Bonchev–Trinajstić information content (AvgIpc) is 3.31. The number of hydrogen-bond acceptors (Lipinski definition) is 3. The van der Waals surface area contributed by atoms with Gasteiger partial charge >= 0.3 is 0 Å². The van der Waals surface area contributed by atoms with Crippen LogP contribution in [0.3, 0.4) is 0 Å². The molecule has 184 valence electrons. The Morgan fingerprint density at radius 2 is 1.67 bits per heavy atom. The molecule has 5 rings (SSSR count). The number of nitrogens with zero attached hydrogens (tertiary/aromatic N) is 4. The van der Waals surface area contributed by atoms with E-state index in [0.717, 1.165) is 27.8 Å². The van der Waals surface area contributed by atoms with Crippen LogP contribution in [0.5, 0.6) is 0 Å². The van der Waals surface area contributed by atoms with Gasteiger partial charge in [0, 0.05) is 59.3 Å². The molecule has 2 aromatic carbocycles. The molecule has 2 aromatic heterocycles. The van der Waals surface area contributed by atoms with Gasteiger partial charge in [0.2, 0.25) is 0 Å². The Morgan fingerprint density at radius 1 is 0.917 bits per heavy atom. The van der Waals surface area contributed by atoms with E-state index in [9.17, 15) is 0 Å². The first kappa shape index (κ1) is 24.3. The van der Waals surface area contributed by atoms with Crippen molar-refractivity contribution in [2.24, 2.45) is 0 Å². The van der Waals surface area contributed by atoms with Crippen LogP contribution in [0.25, 0.3) is 5.69 Å². The van der Waals surface area contributed by atoms with Crippen molar-refractivity contribution in [3.05, 3.63) is 106 Å².